The molecule has 1 aliphatic carbocycles. The minimum absolute atomic E-state index is 0.0628. The standard InChI is InChI=1S/C12H17FN2O/c13-8-4-5-11(15)12(6-8)16-10-3-1-2-9(14)7-10/h4-6,9-10H,1-3,7,14-15H2. The lowest BCUT2D eigenvalue weighted by Crippen LogP contribution is -2.33. The summed E-state index contributed by atoms with van der Waals surface area (Å²) in [5.74, 6) is 0.100. The summed E-state index contributed by atoms with van der Waals surface area (Å²) in [4.78, 5) is 0. The van der Waals surface area contributed by atoms with Gasteiger partial charge in [-0.2, -0.15) is 0 Å². The van der Waals surface area contributed by atoms with E-state index in [-0.39, 0.29) is 18.0 Å². The summed E-state index contributed by atoms with van der Waals surface area (Å²) in [5.41, 5.74) is 12.1. The Morgan fingerprint density at radius 1 is 1.31 bits per heavy atom. The third kappa shape index (κ3) is 2.64. The van der Waals surface area contributed by atoms with E-state index in [0.29, 0.717) is 11.4 Å². The molecule has 1 aromatic carbocycles. The number of rotatable bonds is 2. The predicted octanol–water partition coefficient (Wildman–Crippen LogP) is 2.06. The summed E-state index contributed by atoms with van der Waals surface area (Å²) in [6.07, 6.45) is 3.94. The molecule has 0 aromatic heterocycles. The molecular formula is C12H17FN2O. The van der Waals surface area contributed by atoms with Crippen molar-refractivity contribution in [1.82, 2.24) is 0 Å². The summed E-state index contributed by atoms with van der Waals surface area (Å²) >= 11 is 0. The van der Waals surface area contributed by atoms with E-state index < -0.39 is 0 Å². The first-order chi connectivity index (χ1) is 7.65. The van der Waals surface area contributed by atoms with Crippen molar-refractivity contribution < 1.29 is 9.13 Å². The summed E-state index contributed by atoms with van der Waals surface area (Å²) in [6.45, 7) is 0. The highest BCUT2D eigenvalue weighted by atomic mass is 19.1. The number of halogens is 1. The number of anilines is 1. The van der Waals surface area contributed by atoms with Gasteiger partial charge in [-0.05, 0) is 37.8 Å². The van der Waals surface area contributed by atoms with Crippen LogP contribution in [-0.4, -0.2) is 12.1 Å². The van der Waals surface area contributed by atoms with Crippen LogP contribution in [0.4, 0.5) is 10.1 Å². The fourth-order valence-electron chi connectivity index (χ4n) is 2.08. The van der Waals surface area contributed by atoms with Gasteiger partial charge in [0, 0.05) is 12.1 Å². The Bertz CT molecular complexity index is 370. The van der Waals surface area contributed by atoms with Gasteiger partial charge in [-0.15, -0.1) is 0 Å². The minimum atomic E-state index is -0.329. The van der Waals surface area contributed by atoms with Crippen molar-refractivity contribution >= 4 is 5.69 Å². The Morgan fingerprint density at radius 2 is 2.12 bits per heavy atom. The van der Waals surface area contributed by atoms with Gasteiger partial charge in [0.1, 0.15) is 17.7 Å². The van der Waals surface area contributed by atoms with Crippen molar-refractivity contribution in [3.8, 4) is 5.75 Å². The molecule has 0 spiro atoms. The van der Waals surface area contributed by atoms with E-state index in [2.05, 4.69) is 0 Å². The van der Waals surface area contributed by atoms with Gasteiger partial charge in [0.15, 0.2) is 0 Å². The quantitative estimate of drug-likeness (QED) is 0.756. The highest BCUT2D eigenvalue weighted by Crippen LogP contribution is 2.27. The monoisotopic (exact) mass is 224 g/mol. The average molecular weight is 224 g/mol. The number of hydrogen-bond donors (Lipinski definition) is 2. The van der Waals surface area contributed by atoms with Crippen LogP contribution in [0.5, 0.6) is 5.75 Å². The van der Waals surface area contributed by atoms with Crippen molar-refractivity contribution in [3.63, 3.8) is 0 Å². The molecule has 4 heteroatoms. The lowest BCUT2D eigenvalue weighted by atomic mass is 9.93. The van der Waals surface area contributed by atoms with Crippen molar-refractivity contribution in [2.24, 2.45) is 5.73 Å². The third-order valence-electron chi connectivity index (χ3n) is 2.94. The van der Waals surface area contributed by atoms with E-state index in [1.54, 1.807) is 0 Å². The molecule has 2 rings (SSSR count). The Hall–Kier alpha value is -1.29. The van der Waals surface area contributed by atoms with Crippen LogP contribution in [0.25, 0.3) is 0 Å². The normalized spacial score (nSPS) is 25.4. The van der Waals surface area contributed by atoms with E-state index in [4.69, 9.17) is 16.2 Å². The van der Waals surface area contributed by atoms with Gasteiger partial charge in [0.2, 0.25) is 0 Å². The zero-order chi connectivity index (χ0) is 11.5. The summed E-state index contributed by atoms with van der Waals surface area (Å²) in [6, 6.07) is 4.37. The molecular weight excluding hydrogens is 207 g/mol. The maximum Gasteiger partial charge on any atom is 0.145 e. The number of benzene rings is 1. The lowest BCUT2D eigenvalue weighted by molar-refractivity contribution is 0.145. The van der Waals surface area contributed by atoms with E-state index >= 15 is 0 Å². The second-order valence-corrected chi connectivity index (χ2v) is 4.35. The number of nitrogens with two attached hydrogens (primary N) is 2. The molecule has 0 aliphatic heterocycles. The molecule has 1 aliphatic rings. The smallest absolute Gasteiger partial charge is 0.145 e. The molecule has 88 valence electrons. The van der Waals surface area contributed by atoms with Crippen LogP contribution in [-0.2, 0) is 0 Å². The number of ether oxygens (including phenoxy) is 1. The molecule has 16 heavy (non-hydrogen) atoms. The zero-order valence-corrected chi connectivity index (χ0v) is 9.16. The molecule has 0 heterocycles. The van der Waals surface area contributed by atoms with Crippen LogP contribution >= 0.6 is 0 Å². The van der Waals surface area contributed by atoms with Gasteiger partial charge in [0.25, 0.3) is 0 Å². The van der Waals surface area contributed by atoms with E-state index in [9.17, 15) is 4.39 Å². The molecule has 0 amide bonds. The molecule has 4 N–H and O–H groups in total. The summed E-state index contributed by atoms with van der Waals surface area (Å²) < 4.78 is 18.7. The SMILES string of the molecule is Nc1ccc(F)cc1OC1CCCC(N)C1. The minimum Gasteiger partial charge on any atom is -0.488 e. The molecule has 1 aromatic rings. The van der Waals surface area contributed by atoms with Crippen molar-refractivity contribution in [2.45, 2.75) is 37.8 Å². The lowest BCUT2D eigenvalue weighted by Gasteiger charge is -2.27. The van der Waals surface area contributed by atoms with Crippen LogP contribution in [0.3, 0.4) is 0 Å². The Balaban J connectivity index is 2.05. The first-order valence-corrected chi connectivity index (χ1v) is 5.62. The Morgan fingerprint density at radius 3 is 2.88 bits per heavy atom. The average Bonchev–Trinajstić information content (AvgIpc) is 2.24. The topological polar surface area (TPSA) is 61.3 Å². The summed E-state index contributed by atoms with van der Waals surface area (Å²) in [7, 11) is 0. The highest BCUT2D eigenvalue weighted by molar-refractivity contribution is 5.52. The number of nitrogen functional groups attached to an aromatic ring is 1. The van der Waals surface area contributed by atoms with Gasteiger partial charge in [-0.25, -0.2) is 4.39 Å². The zero-order valence-electron chi connectivity index (χ0n) is 9.16. The maximum atomic E-state index is 13.0. The van der Waals surface area contributed by atoms with Crippen LogP contribution in [0, 0.1) is 5.82 Å². The molecule has 2 unspecified atom stereocenters. The largest absolute Gasteiger partial charge is 0.488 e. The Labute approximate surface area is 94.6 Å². The maximum absolute atomic E-state index is 13.0. The highest BCUT2D eigenvalue weighted by Gasteiger charge is 2.21. The molecule has 1 saturated carbocycles. The second-order valence-electron chi connectivity index (χ2n) is 4.35. The van der Waals surface area contributed by atoms with Crippen molar-refractivity contribution in [3.05, 3.63) is 24.0 Å². The van der Waals surface area contributed by atoms with Crippen molar-refractivity contribution in [2.75, 3.05) is 5.73 Å². The molecule has 0 radical (unpaired) electrons. The summed E-state index contributed by atoms with van der Waals surface area (Å²) in [5, 5.41) is 0. The molecule has 1 fully saturated rings. The van der Waals surface area contributed by atoms with E-state index in [1.165, 1.54) is 18.2 Å². The van der Waals surface area contributed by atoms with Gasteiger partial charge < -0.3 is 16.2 Å². The molecule has 2 atom stereocenters. The first-order valence-electron chi connectivity index (χ1n) is 5.62. The Kier molecular flexibility index (Phi) is 3.29. The van der Waals surface area contributed by atoms with Gasteiger partial charge in [-0.3, -0.25) is 0 Å². The third-order valence-corrected chi connectivity index (χ3v) is 2.94. The van der Waals surface area contributed by atoms with E-state index in [1.807, 2.05) is 0 Å². The van der Waals surface area contributed by atoms with Gasteiger partial charge in [0.05, 0.1) is 5.69 Å². The molecule has 0 bridgehead atoms. The predicted molar refractivity (Wildman–Crippen MR) is 61.7 cm³/mol. The fraction of sp³-hybridized carbons (Fsp3) is 0.500. The van der Waals surface area contributed by atoms with Crippen LogP contribution in [0.2, 0.25) is 0 Å². The van der Waals surface area contributed by atoms with Gasteiger partial charge in [-0.1, -0.05) is 0 Å². The van der Waals surface area contributed by atoms with E-state index in [0.717, 1.165) is 25.7 Å². The van der Waals surface area contributed by atoms with Crippen LogP contribution in [0.1, 0.15) is 25.7 Å². The molecule has 3 nitrogen and oxygen atoms in total. The van der Waals surface area contributed by atoms with Crippen molar-refractivity contribution in [1.29, 1.82) is 0 Å². The van der Waals surface area contributed by atoms with Gasteiger partial charge >= 0.3 is 0 Å². The second kappa shape index (κ2) is 4.70. The fourth-order valence-corrected chi connectivity index (χ4v) is 2.08. The first kappa shape index (κ1) is 11.2. The van der Waals surface area contributed by atoms with Crippen LogP contribution in [0.15, 0.2) is 18.2 Å². The number of hydrogen-bond acceptors (Lipinski definition) is 3. The molecule has 0 saturated heterocycles. The van der Waals surface area contributed by atoms with Crippen LogP contribution < -0.4 is 16.2 Å².